The van der Waals surface area contributed by atoms with Crippen molar-refractivity contribution in [2.75, 3.05) is 6.61 Å². The summed E-state index contributed by atoms with van der Waals surface area (Å²) in [5, 5.41) is -0.190. The van der Waals surface area contributed by atoms with Crippen LogP contribution in [0.5, 0.6) is 0 Å². The highest BCUT2D eigenvalue weighted by molar-refractivity contribution is 6.75. The van der Waals surface area contributed by atoms with Crippen molar-refractivity contribution in [3.05, 3.63) is 58.7 Å². The lowest BCUT2D eigenvalue weighted by molar-refractivity contribution is -0.314. The molecule has 0 aromatic carbocycles. The first kappa shape index (κ1) is 61.7. The molecule has 0 aliphatic carbocycles. The number of esters is 2. The Hall–Kier alpha value is -2.64. The number of carbonyl (C=O) groups is 3. The van der Waals surface area contributed by atoms with Crippen molar-refractivity contribution in [3.8, 4) is 0 Å². The molecule has 0 spiro atoms. The first-order valence-electron chi connectivity index (χ1n) is 25.8. The highest BCUT2D eigenvalue weighted by atomic mass is 28.4. The highest BCUT2D eigenvalue weighted by Crippen LogP contribution is 2.43. The molecule has 0 bridgehead atoms. The van der Waals surface area contributed by atoms with Crippen LogP contribution in [0.2, 0.25) is 54.4 Å². The molecule has 9 atom stereocenters. The first-order valence-corrected chi connectivity index (χ1v) is 34.5. The Kier molecular flexibility index (Phi) is 20.9. The third-order valence-corrected chi connectivity index (χ3v) is 29.2. The molecule has 0 radical (unpaired) electrons. The number of fused-ring (bicyclic) bond motifs is 1. The summed E-state index contributed by atoms with van der Waals surface area (Å²) in [6.07, 6.45) is 7.17. The van der Waals surface area contributed by atoms with Gasteiger partial charge in [-0.3, -0.25) is 4.79 Å². The Labute approximate surface area is 427 Å². The van der Waals surface area contributed by atoms with Gasteiger partial charge in [0.15, 0.2) is 49.6 Å². The lowest BCUT2D eigenvalue weighted by Crippen LogP contribution is -2.63. The Morgan fingerprint density at radius 2 is 1.37 bits per heavy atom. The van der Waals surface area contributed by atoms with E-state index in [4.69, 9.17) is 41.7 Å². The van der Waals surface area contributed by atoms with Gasteiger partial charge in [0.25, 0.3) is 0 Å². The second-order valence-electron chi connectivity index (χ2n) is 25.4. The molecular weight excluding hydrogens is 937 g/mol. The van der Waals surface area contributed by atoms with Gasteiger partial charge in [0, 0.05) is 12.3 Å². The molecule has 15 heteroatoms. The SMILES string of the molecule is CC[C@H]1/C=C(\C)[C@@H](O[Si](C)(C)C(C)(C)C)CC=C/C=C(\CO[Si](C)(C)C(C)(C)C)C(=O)O[C@H]([C@@H](C)O[Si](C)(C)C(C)(C)C)C/C=C(C)/C=C(\C)[C@@H]1O[C@@H]1OC(C)(C)[C@@H](OC(=O)C(C)C)[C@@H]2OC(=O)O[C@H]12. The molecular formula is C55H96O12Si3. The predicted octanol–water partition coefficient (Wildman–Crippen LogP) is 13.9. The fraction of sp³-hybridized carbons (Fsp3) is 0.764. The Morgan fingerprint density at radius 3 is 1.91 bits per heavy atom. The molecule has 12 nitrogen and oxygen atoms in total. The molecule has 0 N–H and O–H groups in total. The van der Waals surface area contributed by atoms with Crippen LogP contribution >= 0.6 is 0 Å². The zero-order chi connectivity index (χ0) is 53.7. The van der Waals surface area contributed by atoms with Crippen LogP contribution < -0.4 is 0 Å². The van der Waals surface area contributed by atoms with Gasteiger partial charge in [-0.2, -0.15) is 0 Å². The van der Waals surface area contributed by atoms with E-state index in [-0.39, 0.29) is 33.7 Å². The zero-order valence-electron chi connectivity index (χ0n) is 48.0. The van der Waals surface area contributed by atoms with E-state index in [9.17, 15) is 14.4 Å². The molecule has 70 heavy (non-hydrogen) atoms. The summed E-state index contributed by atoms with van der Waals surface area (Å²) < 4.78 is 58.6. The smallest absolute Gasteiger partial charge is 0.456 e. The van der Waals surface area contributed by atoms with Crippen LogP contribution in [0, 0.1) is 11.8 Å². The van der Waals surface area contributed by atoms with Gasteiger partial charge in [-0.25, -0.2) is 9.59 Å². The minimum Gasteiger partial charge on any atom is -0.456 e. The maximum Gasteiger partial charge on any atom is 0.509 e. The maximum atomic E-state index is 14.6. The third kappa shape index (κ3) is 16.2. The molecule has 3 heterocycles. The standard InChI is InChI=1S/C55H96O12Si3/c1-25-40-33-37(5)42(67-70(23,24)54(14,15)16)29-27-26-28-41(34-59-68(19,20)52(8,9)10)49(57)60-43(39(7)66-69(21,22)53(11,12)13)31-30-36(4)32-38(6)44(40)61-50-46-45(62-51(58)63-46)47(55(17,18)65-50)64-48(56)35(2)3/h26-28,30,32-33,35,39-40,42-47,50H,25,29,31,34H2,1-24H3/b27-26?,36-30+,37-33+,38-32+,41-28+/t39-,40+,42+,43+,44+,45-,46+,47+,50-/m1/s1. The monoisotopic (exact) mass is 1030 g/mol. The number of rotatable bonds is 13. The lowest BCUT2D eigenvalue weighted by atomic mass is 9.88. The average Bonchev–Trinajstić information content (AvgIpc) is 3.59. The summed E-state index contributed by atoms with van der Waals surface area (Å²) in [5.41, 5.74) is 2.20. The first-order chi connectivity index (χ1) is 31.7. The van der Waals surface area contributed by atoms with Gasteiger partial charge in [0.1, 0.15) is 11.7 Å². The highest BCUT2D eigenvalue weighted by Gasteiger charge is 2.60. The van der Waals surface area contributed by atoms with Crippen molar-refractivity contribution < 1.29 is 56.1 Å². The van der Waals surface area contributed by atoms with E-state index in [1.165, 1.54) is 0 Å². The normalized spacial score (nSPS) is 30.6. The number of hydrogen-bond acceptors (Lipinski definition) is 12. The van der Waals surface area contributed by atoms with Crippen LogP contribution in [-0.4, -0.2) is 104 Å². The van der Waals surface area contributed by atoms with E-state index in [1.54, 1.807) is 27.7 Å². The van der Waals surface area contributed by atoms with Crippen LogP contribution in [0.25, 0.3) is 0 Å². The third-order valence-electron chi connectivity index (χ3n) is 15.6. The predicted molar refractivity (Wildman–Crippen MR) is 288 cm³/mol. The Bertz CT molecular complexity index is 1970. The largest absolute Gasteiger partial charge is 0.509 e. The lowest BCUT2D eigenvalue weighted by Gasteiger charge is -2.46. The summed E-state index contributed by atoms with van der Waals surface area (Å²) in [7, 11) is -6.86. The minimum atomic E-state index is -2.32. The van der Waals surface area contributed by atoms with Crippen molar-refractivity contribution in [3.63, 3.8) is 0 Å². The summed E-state index contributed by atoms with van der Waals surface area (Å²) in [6, 6.07) is 0. The van der Waals surface area contributed by atoms with Gasteiger partial charge in [-0.1, -0.05) is 119 Å². The summed E-state index contributed by atoms with van der Waals surface area (Å²) in [6.45, 7) is 50.8. The van der Waals surface area contributed by atoms with E-state index in [0.29, 0.717) is 24.8 Å². The van der Waals surface area contributed by atoms with Gasteiger partial charge in [-0.15, -0.1) is 0 Å². The maximum absolute atomic E-state index is 14.6. The number of cyclic esters (lactones) is 1. The van der Waals surface area contributed by atoms with Crippen LogP contribution in [0.4, 0.5) is 4.79 Å². The Morgan fingerprint density at radius 1 is 0.800 bits per heavy atom. The molecule has 400 valence electrons. The van der Waals surface area contributed by atoms with Crippen molar-refractivity contribution in [1.82, 2.24) is 0 Å². The van der Waals surface area contributed by atoms with E-state index in [0.717, 1.165) is 16.7 Å². The van der Waals surface area contributed by atoms with Crippen LogP contribution in [0.1, 0.15) is 144 Å². The summed E-state index contributed by atoms with van der Waals surface area (Å²) in [5.74, 6) is -1.47. The Balaban J connectivity index is 2.30. The van der Waals surface area contributed by atoms with Gasteiger partial charge >= 0.3 is 18.1 Å². The van der Waals surface area contributed by atoms with Crippen molar-refractivity contribution in [1.29, 1.82) is 0 Å². The minimum absolute atomic E-state index is 0.0591. The van der Waals surface area contributed by atoms with E-state index in [2.05, 4.69) is 140 Å². The fourth-order valence-electron chi connectivity index (χ4n) is 7.75. The quantitative estimate of drug-likeness (QED) is 0.0752. The summed E-state index contributed by atoms with van der Waals surface area (Å²) in [4.78, 5) is 40.4. The molecule has 2 fully saturated rings. The second-order valence-corrected chi connectivity index (χ2v) is 39.7. The molecule has 0 aromatic heterocycles. The van der Waals surface area contributed by atoms with Crippen LogP contribution in [0.3, 0.4) is 0 Å². The van der Waals surface area contributed by atoms with Crippen LogP contribution in [-0.2, 0) is 51.3 Å². The number of allylic oxidation sites excluding steroid dienone is 4. The van der Waals surface area contributed by atoms with Crippen LogP contribution in [0.15, 0.2) is 58.7 Å². The number of carbonyl (C=O) groups excluding carboxylic acids is 3. The molecule has 0 amide bonds. The molecule has 2 saturated heterocycles. The zero-order valence-corrected chi connectivity index (χ0v) is 51.0. The number of hydrogen-bond donors (Lipinski definition) is 0. The average molecular weight is 1030 g/mol. The van der Waals surface area contributed by atoms with Crippen molar-refractivity contribution in [2.45, 2.75) is 253 Å². The van der Waals surface area contributed by atoms with Crippen molar-refractivity contribution >= 4 is 43.0 Å². The summed E-state index contributed by atoms with van der Waals surface area (Å²) >= 11 is 0. The fourth-order valence-corrected chi connectivity index (χ4v) is 11.5. The molecule has 3 aliphatic heterocycles. The van der Waals surface area contributed by atoms with Gasteiger partial charge in [0.2, 0.25) is 0 Å². The van der Waals surface area contributed by atoms with Gasteiger partial charge in [-0.05, 0) is 126 Å². The van der Waals surface area contributed by atoms with E-state index in [1.807, 2.05) is 32.9 Å². The topological polar surface area (TPSA) is 134 Å². The molecule has 0 unspecified atom stereocenters. The van der Waals surface area contributed by atoms with Gasteiger partial charge < -0.3 is 41.7 Å². The molecule has 0 aromatic rings. The van der Waals surface area contributed by atoms with E-state index >= 15 is 0 Å². The number of ether oxygens (including phenoxy) is 6. The second kappa shape index (κ2) is 23.7. The van der Waals surface area contributed by atoms with E-state index < -0.39 is 97.5 Å². The molecule has 3 rings (SSSR count). The van der Waals surface area contributed by atoms with Gasteiger partial charge in [0.05, 0.1) is 36.4 Å². The molecule has 3 aliphatic rings. The molecule has 0 saturated carbocycles. The van der Waals surface area contributed by atoms with Crippen molar-refractivity contribution in [2.24, 2.45) is 11.8 Å².